The largest absolute Gasteiger partial charge is 0.495 e. The summed E-state index contributed by atoms with van der Waals surface area (Å²) in [6.45, 7) is 0.548. The molecule has 0 amide bonds. The number of methoxy groups -OCH3 is 1. The predicted octanol–water partition coefficient (Wildman–Crippen LogP) is 1.74. The second-order valence-electron chi connectivity index (χ2n) is 4.39. The van der Waals surface area contributed by atoms with Gasteiger partial charge in [0.2, 0.25) is 5.88 Å². The molecule has 1 aromatic rings. The lowest BCUT2D eigenvalue weighted by Gasteiger charge is -2.23. The molecular formula is C12H18N2O2. The Morgan fingerprint density at radius 2 is 2.12 bits per heavy atom. The van der Waals surface area contributed by atoms with Crippen molar-refractivity contribution in [2.24, 2.45) is 5.73 Å². The molecule has 4 nitrogen and oxygen atoms in total. The molecule has 1 heterocycles. The van der Waals surface area contributed by atoms with Crippen LogP contribution in [0.2, 0.25) is 0 Å². The van der Waals surface area contributed by atoms with Crippen LogP contribution in [-0.4, -0.2) is 24.2 Å². The molecule has 0 saturated heterocycles. The van der Waals surface area contributed by atoms with Gasteiger partial charge in [-0.3, -0.25) is 0 Å². The minimum absolute atomic E-state index is 0.151. The topological polar surface area (TPSA) is 57.4 Å². The van der Waals surface area contributed by atoms with Crippen molar-refractivity contribution in [1.29, 1.82) is 0 Å². The fourth-order valence-electron chi connectivity index (χ4n) is 2.01. The summed E-state index contributed by atoms with van der Waals surface area (Å²) < 4.78 is 10.6. The Kier molecular flexibility index (Phi) is 3.29. The van der Waals surface area contributed by atoms with Crippen LogP contribution in [0, 0.1) is 0 Å². The van der Waals surface area contributed by atoms with E-state index < -0.39 is 0 Å². The molecule has 88 valence electrons. The highest BCUT2D eigenvalue weighted by atomic mass is 16.5. The Bertz CT molecular complexity index is 331. The van der Waals surface area contributed by atoms with Gasteiger partial charge in [0.15, 0.2) is 0 Å². The zero-order valence-electron chi connectivity index (χ0n) is 9.61. The third-order valence-corrected chi connectivity index (χ3v) is 3.05. The van der Waals surface area contributed by atoms with Gasteiger partial charge in [-0.15, -0.1) is 0 Å². The summed E-state index contributed by atoms with van der Waals surface area (Å²) in [6, 6.07) is 3.64. The molecule has 0 atom stereocenters. The standard InChI is InChI=1S/C12H18N2O2/c1-15-10-4-5-11(14-8-10)16-9-12(13)6-2-3-7-12/h4-5,8H,2-3,6-7,9,13H2,1H3. The first-order valence-corrected chi connectivity index (χ1v) is 5.64. The average molecular weight is 222 g/mol. The summed E-state index contributed by atoms with van der Waals surface area (Å²) in [4.78, 5) is 4.14. The van der Waals surface area contributed by atoms with Crippen LogP contribution >= 0.6 is 0 Å². The Morgan fingerprint density at radius 3 is 2.69 bits per heavy atom. The first-order chi connectivity index (χ1) is 7.72. The van der Waals surface area contributed by atoms with Gasteiger partial charge in [0.1, 0.15) is 12.4 Å². The van der Waals surface area contributed by atoms with E-state index in [1.54, 1.807) is 19.4 Å². The second kappa shape index (κ2) is 4.70. The van der Waals surface area contributed by atoms with Crippen molar-refractivity contribution in [3.05, 3.63) is 18.3 Å². The number of pyridine rings is 1. The highest BCUT2D eigenvalue weighted by molar-refractivity contribution is 5.22. The van der Waals surface area contributed by atoms with Crippen LogP contribution in [0.1, 0.15) is 25.7 Å². The molecule has 2 N–H and O–H groups in total. The van der Waals surface area contributed by atoms with Gasteiger partial charge in [-0.05, 0) is 18.9 Å². The molecule has 1 aliphatic carbocycles. The third kappa shape index (κ3) is 2.64. The normalized spacial score (nSPS) is 18.4. The Balaban J connectivity index is 1.89. The van der Waals surface area contributed by atoms with E-state index in [-0.39, 0.29) is 5.54 Å². The molecule has 16 heavy (non-hydrogen) atoms. The Hall–Kier alpha value is -1.29. The molecule has 0 spiro atoms. The van der Waals surface area contributed by atoms with E-state index in [0.717, 1.165) is 18.6 Å². The zero-order valence-corrected chi connectivity index (χ0v) is 9.61. The van der Waals surface area contributed by atoms with Crippen molar-refractivity contribution in [2.45, 2.75) is 31.2 Å². The Morgan fingerprint density at radius 1 is 1.38 bits per heavy atom. The van der Waals surface area contributed by atoms with Crippen LogP contribution in [0.25, 0.3) is 0 Å². The Labute approximate surface area is 95.8 Å². The minimum Gasteiger partial charge on any atom is -0.495 e. The van der Waals surface area contributed by atoms with Gasteiger partial charge in [0.25, 0.3) is 0 Å². The summed E-state index contributed by atoms with van der Waals surface area (Å²) in [6.07, 6.45) is 6.14. The number of rotatable bonds is 4. The molecule has 0 bridgehead atoms. The quantitative estimate of drug-likeness (QED) is 0.843. The van der Waals surface area contributed by atoms with Crippen LogP contribution in [0.15, 0.2) is 18.3 Å². The number of nitrogens with two attached hydrogens (primary N) is 1. The van der Waals surface area contributed by atoms with E-state index in [0.29, 0.717) is 12.5 Å². The predicted molar refractivity (Wildman–Crippen MR) is 61.7 cm³/mol. The van der Waals surface area contributed by atoms with Crippen LogP contribution in [-0.2, 0) is 0 Å². The van der Waals surface area contributed by atoms with E-state index in [2.05, 4.69) is 4.98 Å². The van der Waals surface area contributed by atoms with Gasteiger partial charge < -0.3 is 15.2 Å². The third-order valence-electron chi connectivity index (χ3n) is 3.05. The fourth-order valence-corrected chi connectivity index (χ4v) is 2.01. The lowest BCUT2D eigenvalue weighted by Crippen LogP contribution is -2.42. The maximum atomic E-state index is 6.19. The number of ether oxygens (including phenoxy) is 2. The molecule has 1 aliphatic rings. The number of nitrogens with zero attached hydrogens (tertiary/aromatic N) is 1. The molecule has 0 aliphatic heterocycles. The molecule has 1 fully saturated rings. The van der Waals surface area contributed by atoms with E-state index >= 15 is 0 Å². The molecule has 0 unspecified atom stereocenters. The monoisotopic (exact) mass is 222 g/mol. The summed E-state index contributed by atoms with van der Waals surface area (Å²) in [5.41, 5.74) is 6.03. The van der Waals surface area contributed by atoms with Crippen molar-refractivity contribution >= 4 is 0 Å². The fraction of sp³-hybridized carbons (Fsp3) is 0.583. The van der Waals surface area contributed by atoms with Gasteiger partial charge >= 0.3 is 0 Å². The maximum Gasteiger partial charge on any atom is 0.213 e. The lowest BCUT2D eigenvalue weighted by molar-refractivity contribution is 0.213. The molecule has 0 aromatic carbocycles. The summed E-state index contributed by atoms with van der Waals surface area (Å²) >= 11 is 0. The van der Waals surface area contributed by atoms with Gasteiger partial charge in [-0.25, -0.2) is 4.98 Å². The highest BCUT2D eigenvalue weighted by Crippen LogP contribution is 2.27. The van der Waals surface area contributed by atoms with Crippen molar-refractivity contribution in [3.63, 3.8) is 0 Å². The second-order valence-corrected chi connectivity index (χ2v) is 4.39. The van der Waals surface area contributed by atoms with E-state index in [1.165, 1.54) is 12.8 Å². The van der Waals surface area contributed by atoms with Gasteiger partial charge in [0.05, 0.1) is 18.8 Å². The SMILES string of the molecule is COc1ccc(OCC2(N)CCCC2)nc1. The summed E-state index contributed by atoms with van der Waals surface area (Å²) in [5.74, 6) is 1.34. The van der Waals surface area contributed by atoms with E-state index in [9.17, 15) is 0 Å². The van der Waals surface area contributed by atoms with E-state index in [1.807, 2.05) is 6.07 Å². The van der Waals surface area contributed by atoms with Crippen LogP contribution in [0.5, 0.6) is 11.6 Å². The van der Waals surface area contributed by atoms with Crippen molar-refractivity contribution in [3.8, 4) is 11.6 Å². The van der Waals surface area contributed by atoms with Crippen molar-refractivity contribution in [1.82, 2.24) is 4.98 Å². The first-order valence-electron chi connectivity index (χ1n) is 5.64. The van der Waals surface area contributed by atoms with E-state index in [4.69, 9.17) is 15.2 Å². The summed E-state index contributed by atoms with van der Waals surface area (Å²) in [5, 5.41) is 0. The number of hydrogen-bond donors (Lipinski definition) is 1. The highest BCUT2D eigenvalue weighted by Gasteiger charge is 2.30. The molecule has 0 radical (unpaired) electrons. The number of aromatic nitrogens is 1. The van der Waals surface area contributed by atoms with Crippen molar-refractivity contribution in [2.75, 3.05) is 13.7 Å². The summed E-state index contributed by atoms with van der Waals surface area (Å²) in [7, 11) is 1.62. The molecule has 2 rings (SSSR count). The van der Waals surface area contributed by atoms with Gasteiger partial charge in [-0.2, -0.15) is 0 Å². The lowest BCUT2D eigenvalue weighted by atomic mass is 10.0. The molecular weight excluding hydrogens is 204 g/mol. The smallest absolute Gasteiger partial charge is 0.213 e. The van der Waals surface area contributed by atoms with Crippen LogP contribution < -0.4 is 15.2 Å². The zero-order chi connectivity index (χ0) is 11.4. The molecule has 1 saturated carbocycles. The molecule has 4 heteroatoms. The van der Waals surface area contributed by atoms with Crippen molar-refractivity contribution < 1.29 is 9.47 Å². The maximum absolute atomic E-state index is 6.19. The van der Waals surface area contributed by atoms with Gasteiger partial charge in [-0.1, -0.05) is 12.8 Å². The average Bonchev–Trinajstić information content (AvgIpc) is 2.75. The minimum atomic E-state index is -0.151. The van der Waals surface area contributed by atoms with Crippen LogP contribution in [0.4, 0.5) is 0 Å². The number of hydrogen-bond acceptors (Lipinski definition) is 4. The first kappa shape index (κ1) is 11.2. The van der Waals surface area contributed by atoms with Crippen LogP contribution in [0.3, 0.4) is 0 Å². The molecule has 1 aromatic heterocycles. The van der Waals surface area contributed by atoms with Gasteiger partial charge in [0, 0.05) is 6.07 Å².